The van der Waals surface area contributed by atoms with Crippen molar-refractivity contribution < 1.29 is 5.11 Å². The molecule has 2 aromatic carbocycles. The number of nitrogens with zero attached hydrogens (tertiary/aromatic N) is 1. The molecule has 0 aliphatic rings. The van der Waals surface area contributed by atoms with Crippen molar-refractivity contribution >= 4 is 44.5 Å². The van der Waals surface area contributed by atoms with Crippen LogP contribution in [-0.2, 0) is 0 Å². The van der Waals surface area contributed by atoms with Crippen molar-refractivity contribution in [2.45, 2.75) is 6.10 Å². The number of anilines is 2. The Morgan fingerprint density at radius 1 is 1.27 bits per heavy atom. The number of alkyl halides is 1. The van der Waals surface area contributed by atoms with Gasteiger partial charge in [-0.25, -0.2) is 4.98 Å². The zero-order valence-corrected chi connectivity index (χ0v) is 13.4. The number of fused-ring (bicyclic) bond motifs is 1. The summed E-state index contributed by atoms with van der Waals surface area (Å²) in [7, 11) is 0. The van der Waals surface area contributed by atoms with Crippen molar-refractivity contribution in [2.75, 3.05) is 23.5 Å². The van der Waals surface area contributed by atoms with Crippen molar-refractivity contribution in [1.82, 2.24) is 4.98 Å². The second-order valence-electron chi connectivity index (χ2n) is 5.02. The average Bonchev–Trinajstić information content (AvgIpc) is 2.96. The van der Waals surface area contributed by atoms with E-state index in [-0.39, 0.29) is 5.88 Å². The van der Waals surface area contributed by atoms with E-state index in [9.17, 15) is 5.11 Å². The lowest BCUT2D eigenvalue weighted by atomic mass is 10.2. The van der Waals surface area contributed by atoms with Crippen molar-refractivity contribution in [3.05, 3.63) is 42.5 Å². The zero-order chi connectivity index (χ0) is 15.5. The van der Waals surface area contributed by atoms with Gasteiger partial charge in [0.25, 0.3) is 0 Å². The van der Waals surface area contributed by atoms with Crippen molar-refractivity contribution in [3.8, 4) is 10.6 Å². The molecular weight excluding hydrogens is 318 g/mol. The lowest BCUT2D eigenvalue weighted by molar-refractivity contribution is 0.211. The molecule has 0 radical (unpaired) electrons. The van der Waals surface area contributed by atoms with Crippen LogP contribution in [0.2, 0.25) is 0 Å². The first-order valence-electron chi connectivity index (χ1n) is 6.90. The number of rotatable bonds is 5. The van der Waals surface area contributed by atoms with E-state index in [4.69, 9.17) is 17.3 Å². The van der Waals surface area contributed by atoms with E-state index < -0.39 is 6.10 Å². The standard InChI is InChI=1S/C16H16ClN3OS/c17-8-13(21)9-19-12-3-1-2-10(6-12)16-20-14-5-4-11(18)7-15(14)22-16/h1-7,13,19,21H,8-9,18H2. The van der Waals surface area contributed by atoms with Gasteiger partial charge in [-0.2, -0.15) is 0 Å². The van der Waals surface area contributed by atoms with Gasteiger partial charge in [0.05, 0.1) is 22.2 Å². The number of hydrogen-bond donors (Lipinski definition) is 3. The van der Waals surface area contributed by atoms with E-state index in [1.54, 1.807) is 11.3 Å². The highest BCUT2D eigenvalue weighted by molar-refractivity contribution is 7.21. The summed E-state index contributed by atoms with van der Waals surface area (Å²) in [5.74, 6) is 0.214. The van der Waals surface area contributed by atoms with Gasteiger partial charge in [-0.15, -0.1) is 22.9 Å². The predicted octanol–water partition coefficient (Wildman–Crippen LogP) is 3.56. The lowest BCUT2D eigenvalue weighted by Crippen LogP contribution is -2.20. The Bertz CT molecular complexity index is 790. The summed E-state index contributed by atoms with van der Waals surface area (Å²) in [5.41, 5.74) is 9.47. The van der Waals surface area contributed by atoms with E-state index >= 15 is 0 Å². The molecule has 0 saturated heterocycles. The molecule has 0 bridgehead atoms. The van der Waals surface area contributed by atoms with E-state index in [1.807, 2.05) is 42.5 Å². The van der Waals surface area contributed by atoms with Crippen LogP contribution in [0, 0.1) is 0 Å². The Kier molecular flexibility index (Phi) is 4.47. The second kappa shape index (κ2) is 6.52. The van der Waals surface area contributed by atoms with Gasteiger partial charge in [0.1, 0.15) is 5.01 Å². The van der Waals surface area contributed by atoms with Gasteiger partial charge in [0.2, 0.25) is 0 Å². The molecule has 0 aliphatic heterocycles. The molecule has 4 nitrogen and oxygen atoms in total. The van der Waals surface area contributed by atoms with Crippen LogP contribution in [0.1, 0.15) is 0 Å². The summed E-state index contributed by atoms with van der Waals surface area (Å²) in [6.07, 6.45) is -0.559. The first-order chi connectivity index (χ1) is 10.7. The van der Waals surface area contributed by atoms with Crippen LogP contribution in [0.15, 0.2) is 42.5 Å². The highest BCUT2D eigenvalue weighted by atomic mass is 35.5. The number of aromatic nitrogens is 1. The molecule has 3 rings (SSSR count). The molecule has 1 aromatic heterocycles. The minimum Gasteiger partial charge on any atom is -0.399 e. The molecular formula is C16H16ClN3OS. The molecule has 0 spiro atoms. The third-order valence-corrected chi connectivity index (χ3v) is 4.67. The van der Waals surface area contributed by atoms with Crippen LogP contribution in [0.5, 0.6) is 0 Å². The lowest BCUT2D eigenvalue weighted by Gasteiger charge is -2.10. The number of aliphatic hydroxyl groups excluding tert-OH is 1. The van der Waals surface area contributed by atoms with Gasteiger partial charge in [0.15, 0.2) is 0 Å². The number of nitrogens with one attached hydrogen (secondary N) is 1. The summed E-state index contributed by atoms with van der Waals surface area (Å²) in [6, 6.07) is 13.7. The minimum absolute atomic E-state index is 0.214. The molecule has 0 amide bonds. The Morgan fingerprint density at radius 2 is 2.14 bits per heavy atom. The summed E-state index contributed by atoms with van der Waals surface area (Å²) in [6.45, 7) is 0.420. The molecule has 1 unspecified atom stereocenters. The van der Waals surface area contributed by atoms with Crippen molar-refractivity contribution in [1.29, 1.82) is 0 Å². The maximum Gasteiger partial charge on any atom is 0.124 e. The van der Waals surface area contributed by atoms with Crippen LogP contribution in [0.4, 0.5) is 11.4 Å². The number of thiazole rings is 1. The van der Waals surface area contributed by atoms with Gasteiger partial charge in [-0.1, -0.05) is 12.1 Å². The first kappa shape index (κ1) is 15.1. The fourth-order valence-corrected chi connectivity index (χ4v) is 3.24. The van der Waals surface area contributed by atoms with Crippen LogP contribution in [0.25, 0.3) is 20.8 Å². The highest BCUT2D eigenvalue weighted by Crippen LogP contribution is 2.32. The monoisotopic (exact) mass is 333 g/mol. The topological polar surface area (TPSA) is 71.2 Å². The van der Waals surface area contributed by atoms with E-state index in [0.29, 0.717) is 6.54 Å². The Morgan fingerprint density at radius 3 is 2.95 bits per heavy atom. The molecule has 1 atom stereocenters. The fourth-order valence-electron chi connectivity index (χ4n) is 2.12. The van der Waals surface area contributed by atoms with Gasteiger partial charge < -0.3 is 16.2 Å². The quantitative estimate of drug-likeness (QED) is 0.493. The summed E-state index contributed by atoms with van der Waals surface area (Å²) in [4.78, 5) is 4.64. The molecule has 4 N–H and O–H groups in total. The van der Waals surface area contributed by atoms with Crippen LogP contribution >= 0.6 is 22.9 Å². The normalized spacial score (nSPS) is 12.5. The van der Waals surface area contributed by atoms with E-state index in [1.165, 1.54) is 0 Å². The summed E-state index contributed by atoms with van der Waals surface area (Å²) < 4.78 is 1.07. The molecule has 114 valence electrons. The summed E-state index contributed by atoms with van der Waals surface area (Å²) >= 11 is 7.21. The molecule has 1 heterocycles. The molecule has 0 saturated carbocycles. The number of benzene rings is 2. The Hall–Kier alpha value is -1.82. The number of nitrogens with two attached hydrogens (primary N) is 1. The van der Waals surface area contributed by atoms with Gasteiger partial charge in [-0.3, -0.25) is 0 Å². The first-order valence-corrected chi connectivity index (χ1v) is 8.25. The minimum atomic E-state index is -0.559. The number of halogens is 1. The molecule has 0 fully saturated rings. The van der Waals surface area contributed by atoms with E-state index in [0.717, 1.165) is 32.2 Å². The van der Waals surface area contributed by atoms with Gasteiger partial charge in [-0.05, 0) is 30.3 Å². The zero-order valence-electron chi connectivity index (χ0n) is 11.8. The molecule has 22 heavy (non-hydrogen) atoms. The van der Waals surface area contributed by atoms with E-state index in [2.05, 4.69) is 10.3 Å². The molecule has 6 heteroatoms. The molecule has 0 aliphatic carbocycles. The fraction of sp³-hybridized carbons (Fsp3) is 0.188. The number of aliphatic hydroxyl groups is 1. The van der Waals surface area contributed by atoms with Crippen molar-refractivity contribution in [2.24, 2.45) is 0 Å². The second-order valence-corrected chi connectivity index (χ2v) is 6.36. The number of nitrogen functional groups attached to an aromatic ring is 1. The highest BCUT2D eigenvalue weighted by Gasteiger charge is 2.08. The Balaban J connectivity index is 1.86. The SMILES string of the molecule is Nc1ccc2nc(-c3cccc(NCC(O)CCl)c3)sc2c1. The Labute approximate surface area is 137 Å². The maximum atomic E-state index is 9.51. The van der Waals surface area contributed by atoms with Crippen molar-refractivity contribution in [3.63, 3.8) is 0 Å². The predicted molar refractivity (Wildman–Crippen MR) is 94.7 cm³/mol. The third-order valence-electron chi connectivity index (χ3n) is 3.24. The van der Waals surface area contributed by atoms with Crippen LogP contribution < -0.4 is 11.1 Å². The third kappa shape index (κ3) is 3.32. The summed E-state index contributed by atoms with van der Waals surface area (Å²) in [5, 5.41) is 13.6. The molecule has 3 aromatic rings. The van der Waals surface area contributed by atoms with Crippen LogP contribution in [-0.4, -0.2) is 28.6 Å². The average molecular weight is 334 g/mol. The largest absolute Gasteiger partial charge is 0.399 e. The maximum absolute atomic E-state index is 9.51. The van der Waals surface area contributed by atoms with Crippen LogP contribution in [0.3, 0.4) is 0 Å². The van der Waals surface area contributed by atoms with Gasteiger partial charge >= 0.3 is 0 Å². The van der Waals surface area contributed by atoms with Gasteiger partial charge in [0, 0.05) is 23.5 Å². The number of hydrogen-bond acceptors (Lipinski definition) is 5. The smallest absolute Gasteiger partial charge is 0.124 e.